The Balaban J connectivity index is 2.28. The van der Waals surface area contributed by atoms with Gasteiger partial charge >= 0.3 is 0 Å². The van der Waals surface area contributed by atoms with Crippen LogP contribution in [0, 0.1) is 5.82 Å². The van der Waals surface area contributed by atoms with Crippen LogP contribution in [0.25, 0.3) is 5.69 Å². The first kappa shape index (κ1) is 14.0. The van der Waals surface area contributed by atoms with Gasteiger partial charge in [0, 0.05) is 23.3 Å². The molecule has 0 unspecified atom stereocenters. The normalized spacial score (nSPS) is 11.8. The van der Waals surface area contributed by atoms with E-state index < -0.39 is 0 Å². The SMILES string of the molecule is CC(C)(C)NCc1cncn1-c1cc(F)cc(Cl)c1. The summed E-state index contributed by atoms with van der Waals surface area (Å²) >= 11 is 5.88. The van der Waals surface area contributed by atoms with Crippen LogP contribution in [-0.2, 0) is 6.54 Å². The molecule has 0 saturated carbocycles. The highest BCUT2D eigenvalue weighted by Crippen LogP contribution is 2.19. The Bertz CT molecular complexity index is 552. The summed E-state index contributed by atoms with van der Waals surface area (Å²) in [5.41, 5.74) is 1.64. The predicted octanol–water partition coefficient (Wildman–Crippen LogP) is 3.55. The highest BCUT2D eigenvalue weighted by Gasteiger charge is 2.12. The molecule has 0 fully saturated rings. The second-order valence-electron chi connectivity index (χ2n) is 5.49. The van der Waals surface area contributed by atoms with Crippen molar-refractivity contribution in [2.45, 2.75) is 32.9 Å². The Morgan fingerprint density at radius 1 is 1.32 bits per heavy atom. The molecule has 0 saturated heterocycles. The molecular formula is C14H17ClFN3. The zero-order valence-corrected chi connectivity index (χ0v) is 12.0. The fourth-order valence-electron chi connectivity index (χ4n) is 1.72. The monoisotopic (exact) mass is 281 g/mol. The molecule has 0 radical (unpaired) electrons. The van der Waals surface area contributed by atoms with Crippen molar-refractivity contribution in [1.82, 2.24) is 14.9 Å². The topological polar surface area (TPSA) is 29.9 Å². The maximum Gasteiger partial charge on any atom is 0.126 e. The van der Waals surface area contributed by atoms with Gasteiger partial charge in [-0.25, -0.2) is 9.37 Å². The minimum atomic E-state index is -0.356. The summed E-state index contributed by atoms with van der Waals surface area (Å²) in [6.07, 6.45) is 3.42. The molecule has 2 aromatic rings. The van der Waals surface area contributed by atoms with E-state index >= 15 is 0 Å². The molecule has 102 valence electrons. The number of benzene rings is 1. The van der Waals surface area contributed by atoms with Gasteiger partial charge in [-0.2, -0.15) is 0 Å². The van der Waals surface area contributed by atoms with E-state index in [0.29, 0.717) is 17.3 Å². The van der Waals surface area contributed by atoms with Gasteiger partial charge in [0.05, 0.1) is 17.7 Å². The lowest BCUT2D eigenvalue weighted by molar-refractivity contribution is 0.419. The van der Waals surface area contributed by atoms with Gasteiger partial charge in [0.15, 0.2) is 0 Å². The predicted molar refractivity (Wildman–Crippen MR) is 75.1 cm³/mol. The largest absolute Gasteiger partial charge is 0.306 e. The summed E-state index contributed by atoms with van der Waals surface area (Å²) < 4.78 is 15.2. The Labute approximate surface area is 117 Å². The molecule has 19 heavy (non-hydrogen) atoms. The first-order chi connectivity index (χ1) is 8.85. The summed E-state index contributed by atoms with van der Waals surface area (Å²) in [7, 11) is 0. The van der Waals surface area contributed by atoms with E-state index in [1.807, 2.05) is 4.57 Å². The van der Waals surface area contributed by atoms with Crippen molar-refractivity contribution in [2.24, 2.45) is 0 Å². The number of hydrogen-bond acceptors (Lipinski definition) is 2. The van der Waals surface area contributed by atoms with E-state index in [9.17, 15) is 4.39 Å². The van der Waals surface area contributed by atoms with Gasteiger partial charge in [-0.05, 0) is 39.0 Å². The van der Waals surface area contributed by atoms with E-state index in [-0.39, 0.29) is 11.4 Å². The molecule has 0 spiro atoms. The summed E-state index contributed by atoms with van der Waals surface area (Å²) in [6, 6.07) is 4.44. The zero-order chi connectivity index (χ0) is 14.0. The van der Waals surface area contributed by atoms with E-state index in [1.54, 1.807) is 18.6 Å². The van der Waals surface area contributed by atoms with Crippen molar-refractivity contribution >= 4 is 11.6 Å². The minimum absolute atomic E-state index is 0.00861. The Kier molecular flexibility index (Phi) is 3.92. The van der Waals surface area contributed by atoms with Crippen LogP contribution in [0.15, 0.2) is 30.7 Å². The summed E-state index contributed by atoms with van der Waals surface area (Å²) in [5.74, 6) is -0.356. The molecule has 0 amide bonds. The lowest BCUT2D eigenvalue weighted by Crippen LogP contribution is -2.35. The van der Waals surface area contributed by atoms with Crippen LogP contribution < -0.4 is 5.32 Å². The van der Waals surface area contributed by atoms with Gasteiger partial charge in [-0.1, -0.05) is 11.6 Å². The molecule has 0 aliphatic rings. The van der Waals surface area contributed by atoms with Gasteiger partial charge in [-0.3, -0.25) is 0 Å². The fourth-order valence-corrected chi connectivity index (χ4v) is 1.94. The molecule has 3 nitrogen and oxygen atoms in total. The van der Waals surface area contributed by atoms with Crippen LogP contribution in [0.4, 0.5) is 4.39 Å². The number of nitrogens with one attached hydrogen (secondary N) is 1. The molecule has 1 aromatic carbocycles. The maximum absolute atomic E-state index is 13.4. The maximum atomic E-state index is 13.4. The third-order valence-electron chi connectivity index (χ3n) is 2.64. The second kappa shape index (κ2) is 5.31. The van der Waals surface area contributed by atoms with Crippen LogP contribution in [0.5, 0.6) is 0 Å². The highest BCUT2D eigenvalue weighted by molar-refractivity contribution is 6.30. The summed E-state index contributed by atoms with van der Waals surface area (Å²) in [4.78, 5) is 4.12. The van der Waals surface area contributed by atoms with Crippen molar-refractivity contribution in [1.29, 1.82) is 0 Å². The quantitative estimate of drug-likeness (QED) is 0.932. The van der Waals surface area contributed by atoms with E-state index in [0.717, 1.165) is 5.69 Å². The number of imidazole rings is 1. The van der Waals surface area contributed by atoms with E-state index in [4.69, 9.17) is 11.6 Å². The van der Waals surface area contributed by atoms with Gasteiger partial charge in [0.1, 0.15) is 5.82 Å². The smallest absolute Gasteiger partial charge is 0.126 e. The average Bonchev–Trinajstić information content (AvgIpc) is 2.72. The summed E-state index contributed by atoms with van der Waals surface area (Å²) in [6.45, 7) is 6.92. The second-order valence-corrected chi connectivity index (χ2v) is 5.92. The number of aromatic nitrogens is 2. The Morgan fingerprint density at radius 2 is 2.05 bits per heavy atom. The molecular weight excluding hydrogens is 265 g/mol. The van der Waals surface area contributed by atoms with Gasteiger partial charge < -0.3 is 9.88 Å². The summed E-state index contributed by atoms with van der Waals surface area (Å²) in [5, 5.41) is 3.75. The van der Waals surface area contributed by atoms with Gasteiger partial charge in [0.2, 0.25) is 0 Å². The molecule has 0 atom stereocenters. The third-order valence-corrected chi connectivity index (χ3v) is 2.86. The first-order valence-electron chi connectivity index (χ1n) is 6.08. The Morgan fingerprint density at radius 3 is 2.68 bits per heavy atom. The van der Waals surface area contributed by atoms with E-state index in [1.165, 1.54) is 12.1 Å². The first-order valence-corrected chi connectivity index (χ1v) is 6.46. The minimum Gasteiger partial charge on any atom is -0.306 e. The molecule has 0 aliphatic carbocycles. The number of rotatable bonds is 3. The molecule has 2 rings (SSSR count). The van der Waals surface area contributed by atoms with Crippen LogP contribution in [-0.4, -0.2) is 15.1 Å². The third kappa shape index (κ3) is 3.78. The number of hydrogen-bond donors (Lipinski definition) is 1. The van der Waals surface area contributed by atoms with Crippen molar-refractivity contribution in [2.75, 3.05) is 0 Å². The van der Waals surface area contributed by atoms with Gasteiger partial charge in [0.25, 0.3) is 0 Å². The molecule has 1 aromatic heterocycles. The molecule has 1 heterocycles. The molecule has 1 N–H and O–H groups in total. The number of halogens is 2. The van der Waals surface area contributed by atoms with Crippen LogP contribution in [0.1, 0.15) is 26.5 Å². The molecule has 0 aliphatic heterocycles. The lowest BCUT2D eigenvalue weighted by Gasteiger charge is -2.21. The number of nitrogens with zero attached hydrogens (tertiary/aromatic N) is 2. The van der Waals surface area contributed by atoms with Crippen LogP contribution >= 0.6 is 11.6 Å². The standard InChI is InChI=1S/C14H17ClFN3/c1-14(2,3)18-8-13-7-17-9-19(13)12-5-10(15)4-11(16)6-12/h4-7,9,18H,8H2,1-3H3. The fraction of sp³-hybridized carbons (Fsp3) is 0.357. The average molecular weight is 282 g/mol. The molecule has 5 heteroatoms. The molecule has 0 bridgehead atoms. The van der Waals surface area contributed by atoms with Crippen LogP contribution in [0.2, 0.25) is 5.02 Å². The van der Waals surface area contributed by atoms with Crippen LogP contribution in [0.3, 0.4) is 0 Å². The van der Waals surface area contributed by atoms with E-state index in [2.05, 4.69) is 31.1 Å². The van der Waals surface area contributed by atoms with Crippen molar-refractivity contribution in [3.05, 3.63) is 47.3 Å². The highest BCUT2D eigenvalue weighted by atomic mass is 35.5. The van der Waals surface area contributed by atoms with Gasteiger partial charge in [-0.15, -0.1) is 0 Å². The lowest BCUT2D eigenvalue weighted by atomic mass is 10.1. The van der Waals surface area contributed by atoms with Crippen molar-refractivity contribution < 1.29 is 4.39 Å². The van der Waals surface area contributed by atoms with Crippen molar-refractivity contribution in [3.8, 4) is 5.69 Å². The Hall–Kier alpha value is -1.39. The zero-order valence-electron chi connectivity index (χ0n) is 11.2. The van der Waals surface area contributed by atoms with Crippen molar-refractivity contribution in [3.63, 3.8) is 0 Å².